The molecule has 8 nitrogen and oxygen atoms in total. The molecule has 0 radical (unpaired) electrons. The molecule has 1 aliphatic heterocycles. The van der Waals surface area contributed by atoms with E-state index in [1.54, 1.807) is 18.3 Å². The molecule has 2 atom stereocenters. The zero-order valence-corrected chi connectivity index (χ0v) is 25.0. The monoisotopic (exact) mass is 581 g/mol. The lowest BCUT2D eigenvalue weighted by atomic mass is 9.96. The van der Waals surface area contributed by atoms with E-state index >= 15 is 0 Å². The maximum atomic E-state index is 13.1. The minimum atomic E-state index is -0.967. The average Bonchev–Trinajstić information content (AvgIpc) is 3.46. The molecule has 3 N–H and O–H groups in total. The Balaban J connectivity index is 1.50. The molecule has 9 heteroatoms. The number of rotatable bonds is 9. The summed E-state index contributed by atoms with van der Waals surface area (Å²) in [6.07, 6.45) is 2.85. The second kappa shape index (κ2) is 12.2. The van der Waals surface area contributed by atoms with E-state index in [0.29, 0.717) is 11.7 Å². The minimum absolute atomic E-state index is 0.0784. The molecule has 2 aromatic carbocycles. The number of benzene rings is 2. The van der Waals surface area contributed by atoms with Gasteiger partial charge in [-0.3, -0.25) is 9.78 Å². The number of nitrogens with one attached hydrogen (secondary N) is 2. The third kappa shape index (κ3) is 5.65. The van der Waals surface area contributed by atoms with Crippen molar-refractivity contribution in [2.24, 2.45) is 0 Å². The number of carboxylic acid groups (broad SMARTS) is 1. The van der Waals surface area contributed by atoms with Gasteiger partial charge in [-0.2, -0.15) is 0 Å². The Hall–Kier alpha value is -4.50. The van der Waals surface area contributed by atoms with Gasteiger partial charge in [0, 0.05) is 41.9 Å². The second-order valence-corrected chi connectivity index (χ2v) is 11.0. The third-order valence-corrected chi connectivity index (χ3v) is 8.29. The standard InChI is InChI=1S/C33H35N5O3S/c1-5-23-10-6-7-11-26(23)35-29(39)15-17-37-31(30(36-33(37)42)27-12-8-9-16-34-27)25-18-21(3)38(22(25)4)28-19-24(32(40)41)14-13-20(28)2/h6-14,16,18-19,30-31H,5,15,17H2,1-4H3,(H,35,39)(H,36,42)(H,40,41)/t30-,31+/m1/s1. The highest BCUT2D eigenvalue weighted by atomic mass is 32.1. The number of aryl methyl sites for hydroxylation is 3. The summed E-state index contributed by atoms with van der Waals surface area (Å²) in [5.74, 6) is -1.05. The van der Waals surface area contributed by atoms with E-state index < -0.39 is 5.97 Å². The van der Waals surface area contributed by atoms with Crippen molar-refractivity contribution in [3.63, 3.8) is 0 Å². The predicted molar refractivity (Wildman–Crippen MR) is 168 cm³/mol. The molecule has 0 unspecified atom stereocenters. The third-order valence-electron chi connectivity index (χ3n) is 7.94. The Morgan fingerprint density at radius 3 is 2.52 bits per heavy atom. The molecule has 216 valence electrons. The summed E-state index contributed by atoms with van der Waals surface area (Å²) in [7, 11) is 0. The van der Waals surface area contributed by atoms with Crippen LogP contribution in [0.15, 0.2) is 72.9 Å². The topological polar surface area (TPSA) is 99.5 Å². The first-order valence-electron chi connectivity index (χ1n) is 14.1. The highest BCUT2D eigenvalue weighted by Crippen LogP contribution is 2.41. The lowest BCUT2D eigenvalue weighted by Gasteiger charge is -2.28. The summed E-state index contributed by atoms with van der Waals surface area (Å²) in [5, 5.41) is 16.7. The number of nitrogens with zero attached hydrogens (tertiary/aromatic N) is 3. The second-order valence-electron chi connectivity index (χ2n) is 10.6. The average molecular weight is 582 g/mol. The van der Waals surface area contributed by atoms with Gasteiger partial charge in [0.2, 0.25) is 5.91 Å². The van der Waals surface area contributed by atoms with Crippen LogP contribution >= 0.6 is 12.2 Å². The molecule has 5 rings (SSSR count). The van der Waals surface area contributed by atoms with Gasteiger partial charge in [0.05, 0.1) is 23.3 Å². The highest BCUT2D eigenvalue weighted by molar-refractivity contribution is 7.80. The van der Waals surface area contributed by atoms with Crippen LogP contribution < -0.4 is 10.6 Å². The lowest BCUT2D eigenvalue weighted by Crippen LogP contribution is -2.33. The van der Waals surface area contributed by atoms with E-state index in [0.717, 1.165) is 51.6 Å². The van der Waals surface area contributed by atoms with E-state index in [-0.39, 0.29) is 30.0 Å². The first-order chi connectivity index (χ1) is 20.2. The number of pyridine rings is 1. The summed E-state index contributed by atoms with van der Waals surface area (Å²) < 4.78 is 2.10. The molecule has 1 aliphatic rings. The molecule has 1 amide bonds. The van der Waals surface area contributed by atoms with Gasteiger partial charge < -0.3 is 25.2 Å². The Labute approximate surface area is 251 Å². The molecule has 0 bridgehead atoms. The number of para-hydroxylation sites is 1. The fourth-order valence-corrected chi connectivity index (χ4v) is 6.14. The number of aromatic nitrogens is 2. The minimum Gasteiger partial charge on any atom is -0.478 e. The number of carboxylic acids is 1. The number of thiocarbonyl (C=S) groups is 1. The number of hydrogen-bond donors (Lipinski definition) is 3. The smallest absolute Gasteiger partial charge is 0.335 e. The van der Waals surface area contributed by atoms with Crippen molar-refractivity contribution in [1.29, 1.82) is 0 Å². The fraction of sp³-hybridized carbons (Fsp3) is 0.273. The van der Waals surface area contributed by atoms with Crippen LogP contribution in [0.25, 0.3) is 5.69 Å². The predicted octanol–water partition coefficient (Wildman–Crippen LogP) is 6.06. The molecule has 2 aromatic heterocycles. The Morgan fingerprint density at radius 1 is 1.05 bits per heavy atom. The van der Waals surface area contributed by atoms with Crippen LogP contribution in [0.2, 0.25) is 0 Å². The van der Waals surface area contributed by atoms with Crippen molar-refractivity contribution in [2.45, 2.75) is 52.6 Å². The lowest BCUT2D eigenvalue weighted by molar-refractivity contribution is -0.116. The number of amides is 1. The molecule has 0 saturated carbocycles. The summed E-state index contributed by atoms with van der Waals surface area (Å²) in [6, 6.07) is 20.5. The van der Waals surface area contributed by atoms with Crippen LogP contribution in [0.4, 0.5) is 5.69 Å². The van der Waals surface area contributed by atoms with E-state index in [1.807, 2.05) is 69.3 Å². The summed E-state index contributed by atoms with van der Waals surface area (Å²) in [4.78, 5) is 31.6. The number of carbonyl (C=O) groups is 2. The Bertz CT molecular complexity index is 1650. The van der Waals surface area contributed by atoms with Crippen molar-refractivity contribution in [3.05, 3.63) is 112 Å². The van der Waals surface area contributed by atoms with Gasteiger partial charge in [0.1, 0.15) is 0 Å². The van der Waals surface area contributed by atoms with Gasteiger partial charge in [0.25, 0.3) is 0 Å². The van der Waals surface area contributed by atoms with Crippen molar-refractivity contribution in [2.75, 3.05) is 11.9 Å². The van der Waals surface area contributed by atoms with Crippen LogP contribution in [0, 0.1) is 20.8 Å². The molecule has 0 spiro atoms. The normalized spacial score (nSPS) is 16.4. The maximum Gasteiger partial charge on any atom is 0.335 e. The molecular formula is C33H35N5O3S. The van der Waals surface area contributed by atoms with Crippen LogP contribution in [0.1, 0.15) is 69.6 Å². The molecule has 4 aromatic rings. The molecule has 3 heterocycles. The van der Waals surface area contributed by atoms with Gasteiger partial charge >= 0.3 is 5.97 Å². The molecule has 42 heavy (non-hydrogen) atoms. The van der Waals surface area contributed by atoms with Crippen molar-refractivity contribution in [1.82, 2.24) is 19.8 Å². The zero-order chi connectivity index (χ0) is 30.0. The van der Waals surface area contributed by atoms with E-state index in [2.05, 4.69) is 38.1 Å². The van der Waals surface area contributed by atoms with Crippen LogP contribution in [0.5, 0.6) is 0 Å². The van der Waals surface area contributed by atoms with Gasteiger partial charge in [-0.1, -0.05) is 37.3 Å². The first kappa shape index (κ1) is 29.0. The highest BCUT2D eigenvalue weighted by Gasteiger charge is 2.41. The number of anilines is 1. The van der Waals surface area contributed by atoms with E-state index in [1.165, 1.54) is 0 Å². The van der Waals surface area contributed by atoms with Crippen molar-refractivity contribution < 1.29 is 14.7 Å². The summed E-state index contributed by atoms with van der Waals surface area (Å²) >= 11 is 5.84. The summed E-state index contributed by atoms with van der Waals surface area (Å²) in [5.41, 5.74) is 7.77. The van der Waals surface area contributed by atoms with Gasteiger partial charge in [0.15, 0.2) is 5.11 Å². The zero-order valence-electron chi connectivity index (χ0n) is 24.2. The molecule has 0 aliphatic carbocycles. The van der Waals surface area contributed by atoms with E-state index in [4.69, 9.17) is 12.2 Å². The van der Waals surface area contributed by atoms with Crippen LogP contribution in [-0.4, -0.2) is 43.1 Å². The van der Waals surface area contributed by atoms with E-state index in [9.17, 15) is 14.7 Å². The van der Waals surface area contributed by atoms with Gasteiger partial charge in [-0.25, -0.2) is 4.79 Å². The summed E-state index contributed by atoms with van der Waals surface area (Å²) in [6.45, 7) is 8.51. The SMILES string of the molecule is CCc1ccccc1NC(=O)CCN1C(=S)N[C@H](c2ccccn2)[C@@H]1c1cc(C)n(-c2cc(C(=O)O)ccc2C)c1C. The molecular weight excluding hydrogens is 546 g/mol. The molecule has 1 fully saturated rings. The quantitative estimate of drug-likeness (QED) is 0.207. The van der Waals surface area contributed by atoms with Crippen LogP contribution in [-0.2, 0) is 11.2 Å². The van der Waals surface area contributed by atoms with Gasteiger partial charge in [-0.15, -0.1) is 0 Å². The van der Waals surface area contributed by atoms with Gasteiger partial charge in [-0.05, 0) is 92.5 Å². The fourth-order valence-electron chi connectivity index (χ4n) is 5.81. The molecule has 1 saturated heterocycles. The van der Waals surface area contributed by atoms with Crippen molar-refractivity contribution in [3.8, 4) is 5.69 Å². The number of aromatic carboxylic acids is 1. The first-order valence-corrected chi connectivity index (χ1v) is 14.5. The van der Waals surface area contributed by atoms with Crippen molar-refractivity contribution >= 4 is 34.9 Å². The Kier molecular flexibility index (Phi) is 8.40. The Morgan fingerprint density at radius 2 is 1.81 bits per heavy atom. The van der Waals surface area contributed by atoms with Crippen LogP contribution in [0.3, 0.4) is 0 Å². The maximum absolute atomic E-state index is 13.1. The number of hydrogen-bond acceptors (Lipinski definition) is 4. The number of carbonyl (C=O) groups excluding carboxylic acids is 1. The largest absolute Gasteiger partial charge is 0.478 e.